The Morgan fingerprint density at radius 1 is 1.00 bits per heavy atom. The van der Waals surface area contributed by atoms with Crippen molar-refractivity contribution in [2.75, 3.05) is 0 Å². The second-order valence-corrected chi connectivity index (χ2v) is 8.94. The van der Waals surface area contributed by atoms with E-state index < -0.39 is 0 Å². The Labute approximate surface area is 171 Å². The van der Waals surface area contributed by atoms with Gasteiger partial charge in [-0.3, -0.25) is 4.79 Å². The Morgan fingerprint density at radius 2 is 1.61 bits per heavy atom. The van der Waals surface area contributed by atoms with Crippen molar-refractivity contribution in [2.24, 2.45) is 5.73 Å². The summed E-state index contributed by atoms with van der Waals surface area (Å²) in [5, 5.41) is 0. The van der Waals surface area contributed by atoms with Crippen LogP contribution in [0.2, 0.25) is 0 Å². The number of nitrogens with two attached hydrogens (primary N) is 1. The maximum atomic E-state index is 12.4. The average molecular weight is 383 g/mol. The number of hydrogen-bond acceptors (Lipinski definition) is 1. The van der Waals surface area contributed by atoms with Crippen LogP contribution in [0.25, 0.3) is 11.1 Å². The summed E-state index contributed by atoms with van der Waals surface area (Å²) in [4.78, 5) is 12.4. The van der Waals surface area contributed by atoms with Gasteiger partial charge in [0.2, 0.25) is 0 Å². The first-order chi connectivity index (χ1) is 13.2. The number of carbonyl (C=O) groups excluding carboxylic acids is 1. The van der Waals surface area contributed by atoms with Crippen molar-refractivity contribution < 1.29 is 4.79 Å². The van der Waals surface area contributed by atoms with E-state index in [2.05, 4.69) is 63.5 Å². The molecule has 3 heteroatoms. The van der Waals surface area contributed by atoms with Crippen molar-refractivity contribution in [2.45, 2.75) is 92.0 Å². The van der Waals surface area contributed by atoms with Crippen LogP contribution in [-0.2, 0) is 18.4 Å². The molecule has 0 aliphatic carbocycles. The van der Waals surface area contributed by atoms with Gasteiger partial charge in [-0.2, -0.15) is 0 Å². The summed E-state index contributed by atoms with van der Waals surface area (Å²) in [6, 6.07) is 8.70. The first kappa shape index (κ1) is 22.3. The fraction of sp³-hybridized carbons (Fsp3) is 0.560. The SMILES string of the molecule is CCCCCc1c(-c2ccc(C(C)(C)C)cc2)c(C(N)=O)c(C)n1CCCC. The van der Waals surface area contributed by atoms with Gasteiger partial charge in [0, 0.05) is 23.5 Å². The zero-order valence-corrected chi connectivity index (χ0v) is 18.7. The Morgan fingerprint density at radius 3 is 2.11 bits per heavy atom. The summed E-state index contributed by atoms with van der Waals surface area (Å²) in [5.41, 5.74) is 12.4. The van der Waals surface area contributed by atoms with Crippen LogP contribution < -0.4 is 5.73 Å². The minimum absolute atomic E-state index is 0.109. The summed E-state index contributed by atoms with van der Waals surface area (Å²) in [5.74, 6) is -0.320. The molecule has 1 amide bonds. The molecular formula is C25H38N2O. The fourth-order valence-electron chi connectivity index (χ4n) is 3.97. The molecule has 0 bridgehead atoms. The van der Waals surface area contributed by atoms with Gasteiger partial charge in [-0.25, -0.2) is 0 Å². The normalized spacial score (nSPS) is 11.8. The van der Waals surface area contributed by atoms with Crippen LogP contribution in [0.1, 0.15) is 94.0 Å². The molecule has 2 aromatic rings. The molecular weight excluding hydrogens is 344 g/mol. The second-order valence-electron chi connectivity index (χ2n) is 8.94. The van der Waals surface area contributed by atoms with Gasteiger partial charge >= 0.3 is 0 Å². The lowest BCUT2D eigenvalue weighted by Gasteiger charge is -2.19. The van der Waals surface area contributed by atoms with Crippen molar-refractivity contribution in [3.63, 3.8) is 0 Å². The number of amides is 1. The van der Waals surface area contributed by atoms with Crippen molar-refractivity contribution in [3.8, 4) is 11.1 Å². The lowest BCUT2D eigenvalue weighted by atomic mass is 9.86. The molecule has 28 heavy (non-hydrogen) atoms. The van der Waals surface area contributed by atoms with E-state index in [0.717, 1.165) is 49.0 Å². The molecule has 1 aromatic heterocycles. The van der Waals surface area contributed by atoms with Crippen LogP contribution in [0.3, 0.4) is 0 Å². The third-order valence-electron chi connectivity index (χ3n) is 5.67. The summed E-state index contributed by atoms with van der Waals surface area (Å²) in [6.07, 6.45) is 6.75. The smallest absolute Gasteiger partial charge is 0.251 e. The monoisotopic (exact) mass is 382 g/mol. The molecule has 0 atom stereocenters. The third-order valence-corrected chi connectivity index (χ3v) is 5.67. The van der Waals surface area contributed by atoms with Gasteiger partial charge in [0.1, 0.15) is 0 Å². The number of nitrogens with zero attached hydrogens (tertiary/aromatic N) is 1. The molecule has 0 aliphatic heterocycles. The predicted molar refractivity (Wildman–Crippen MR) is 120 cm³/mol. The zero-order chi connectivity index (χ0) is 20.9. The lowest BCUT2D eigenvalue weighted by molar-refractivity contribution is 0.1000. The van der Waals surface area contributed by atoms with Crippen molar-refractivity contribution in [3.05, 3.63) is 46.8 Å². The Bertz CT molecular complexity index is 791. The van der Waals surface area contributed by atoms with Crippen LogP contribution in [0.4, 0.5) is 0 Å². The molecule has 154 valence electrons. The highest BCUT2D eigenvalue weighted by molar-refractivity contribution is 6.02. The average Bonchev–Trinajstić information content (AvgIpc) is 2.91. The van der Waals surface area contributed by atoms with Gasteiger partial charge in [-0.05, 0) is 42.7 Å². The number of primary amides is 1. The minimum Gasteiger partial charge on any atom is -0.366 e. The first-order valence-corrected chi connectivity index (χ1v) is 10.8. The van der Waals surface area contributed by atoms with E-state index in [-0.39, 0.29) is 11.3 Å². The molecule has 0 unspecified atom stereocenters. The van der Waals surface area contributed by atoms with E-state index in [4.69, 9.17) is 5.73 Å². The van der Waals surface area contributed by atoms with Gasteiger partial charge in [0.15, 0.2) is 0 Å². The van der Waals surface area contributed by atoms with Gasteiger partial charge in [-0.1, -0.05) is 78.1 Å². The zero-order valence-electron chi connectivity index (χ0n) is 18.7. The molecule has 0 saturated carbocycles. The first-order valence-electron chi connectivity index (χ1n) is 10.8. The van der Waals surface area contributed by atoms with Crippen LogP contribution in [0.5, 0.6) is 0 Å². The van der Waals surface area contributed by atoms with E-state index in [9.17, 15) is 4.79 Å². The Kier molecular flexibility index (Phi) is 7.51. The number of benzene rings is 1. The van der Waals surface area contributed by atoms with E-state index >= 15 is 0 Å². The van der Waals surface area contributed by atoms with Crippen molar-refractivity contribution in [1.82, 2.24) is 4.57 Å². The van der Waals surface area contributed by atoms with Gasteiger partial charge in [-0.15, -0.1) is 0 Å². The number of rotatable bonds is 9. The van der Waals surface area contributed by atoms with E-state index in [1.54, 1.807) is 0 Å². The molecule has 0 radical (unpaired) electrons. The molecule has 1 aromatic carbocycles. The number of carbonyl (C=O) groups is 1. The number of hydrogen-bond donors (Lipinski definition) is 1. The molecule has 2 N–H and O–H groups in total. The number of aromatic nitrogens is 1. The maximum Gasteiger partial charge on any atom is 0.251 e. The van der Waals surface area contributed by atoms with Crippen LogP contribution in [0.15, 0.2) is 24.3 Å². The topological polar surface area (TPSA) is 48.0 Å². The highest BCUT2D eigenvalue weighted by Gasteiger charge is 2.24. The predicted octanol–water partition coefficient (Wildman–Crippen LogP) is 6.39. The molecule has 1 heterocycles. The Balaban J connectivity index is 2.63. The molecule has 2 rings (SSSR count). The second kappa shape index (κ2) is 9.45. The van der Waals surface area contributed by atoms with Crippen molar-refractivity contribution >= 4 is 5.91 Å². The van der Waals surface area contributed by atoms with Crippen molar-refractivity contribution in [1.29, 1.82) is 0 Å². The van der Waals surface area contributed by atoms with Crippen LogP contribution >= 0.6 is 0 Å². The molecule has 3 nitrogen and oxygen atoms in total. The maximum absolute atomic E-state index is 12.4. The van der Waals surface area contributed by atoms with Gasteiger partial charge in [0.25, 0.3) is 5.91 Å². The quantitative estimate of drug-likeness (QED) is 0.502. The molecule has 0 spiro atoms. The van der Waals surface area contributed by atoms with Crippen LogP contribution in [-0.4, -0.2) is 10.5 Å². The summed E-state index contributed by atoms with van der Waals surface area (Å²) < 4.78 is 2.35. The molecule has 0 aliphatic rings. The highest BCUT2D eigenvalue weighted by Crippen LogP contribution is 2.35. The van der Waals surface area contributed by atoms with Gasteiger partial charge in [0.05, 0.1) is 5.56 Å². The fourth-order valence-corrected chi connectivity index (χ4v) is 3.97. The molecule has 0 saturated heterocycles. The largest absolute Gasteiger partial charge is 0.366 e. The molecule has 0 fully saturated rings. The highest BCUT2D eigenvalue weighted by atomic mass is 16.1. The van der Waals surface area contributed by atoms with Crippen LogP contribution in [0, 0.1) is 6.92 Å². The number of unbranched alkanes of at least 4 members (excludes halogenated alkanes) is 3. The third kappa shape index (κ3) is 4.87. The van der Waals surface area contributed by atoms with E-state index in [0.29, 0.717) is 5.56 Å². The van der Waals surface area contributed by atoms with Gasteiger partial charge < -0.3 is 10.3 Å². The summed E-state index contributed by atoms with van der Waals surface area (Å²) in [6.45, 7) is 14.1. The standard InChI is InChI=1S/C25H38N2O/c1-7-9-11-12-21-23(19-13-15-20(16-14-19)25(4,5)6)22(24(26)28)18(3)27(21)17-10-8-2/h13-16H,7-12,17H2,1-6H3,(H2,26,28). The Hall–Kier alpha value is -2.03. The lowest BCUT2D eigenvalue weighted by Crippen LogP contribution is -2.13. The van der Waals surface area contributed by atoms with E-state index in [1.165, 1.54) is 24.1 Å². The van der Waals surface area contributed by atoms with E-state index in [1.807, 2.05) is 6.92 Å². The summed E-state index contributed by atoms with van der Waals surface area (Å²) >= 11 is 0. The minimum atomic E-state index is -0.320. The summed E-state index contributed by atoms with van der Waals surface area (Å²) in [7, 11) is 0.